The molecule has 0 amide bonds. The lowest BCUT2D eigenvalue weighted by molar-refractivity contribution is -0.139. The summed E-state index contributed by atoms with van der Waals surface area (Å²) in [4.78, 5) is 10.8. The van der Waals surface area contributed by atoms with Gasteiger partial charge in [0.25, 0.3) is 0 Å². The molecule has 0 bridgehead atoms. The lowest BCUT2D eigenvalue weighted by atomic mass is 10.2. The topological polar surface area (TPSA) is 92.7 Å². The third-order valence-corrected chi connectivity index (χ3v) is 3.87. The highest BCUT2D eigenvalue weighted by Gasteiger charge is 2.25. The summed E-state index contributed by atoms with van der Waals surface area (Å²) in [6.07, 6.45) is 0.156. The molecule has 0 fully saturated rings. The summed E-state index contributed by atoms with van der Waals surface area (Å²) in [7, 11) is -2.57. The fourth-order valence-electron chi connectivity index (χ4n) is 1.40. The van der Waals surface area contributed by atoms with E-state index in [-0.39, 0.29) is 17.1 Å². The van der Waals surface area contributed by atoms with E-state index in [9.17, 15) is 13.2 Å². The smallest absolute Gasteiger partial charge is 0.321 e. The van der Waals surface area contributed by atoms with Crippen molar-refractivity contribution in [3.63, 3.8) is 0 Å². The molecule has 0 aromatic heterocycles. The number of aliphatic carboxylic acids is 1. The third kappa shape index (κ3) is 3.21. The highest BCUT2D eigenvalue weighted by Crippen LogP contribution is 2.22. The maximum atomic E-state index is 12.0. The lowest BCUT2D eigenvalue weighted by Gasteiger charge is -2.14. The van der Waals surface area contributed by atoms with Crippen LogP contribution in [-0.4, -0.2) is 32.6 Å². The number of carbonyl (C=O) groups is 1. The van der Waals surface area contributed by atoms with Crippen LogP contribution in [0.4, 0.5) is 0 Å². The van der Waals surface area contributed by atoms with Crippen molar-refractivity contribution in [2.24, 2.45) is 0 Å². The Hall–Kier alpha value is -1.60. The van der Waals surface area contributed by atoms with Gasteiger partial charge >= 0.3 is 5.97 Å². The number of hydrogen-bond acceptors (Lipinski definition) is 4. The van der Waals surface area contributed by atoms with E-state index in [1.54, 1.807) is 19.1 Å². The fourth-order valence-corrected chi connectivity index (χ4v) is 2.84. The van der Waals surface area contributed by atoms with Crippen molar-refractivity contribution in [2.45, 2.75) is 24.3 Å². The van der Waals surface area contributed by atoms with Gasteiger partial charge in [-0.3, -0.25) is 4.79 Å². The van der Waals surface area contributed by atoms with Gasteiger partial charge in [0.2, 0.25) is 10.0 Å². The van der Waals surface area contributed by atoms with Gasteiger partial charge in [-0.2, -0.15) is 4.72 Å². The zero-order valence-electron chi connectivity index (χ0n) is 10.1. The molecular formula is C11H15NO5S. The summed E-state index contributed by atoms with van der Waals surface area (Å²) in [6.45, 7) is 1.59. The molecule has 0 aliphatic heterocycles. The van der Waals surface area contributed by atoms with Crippen LogP contribution < -0.4 is 9.46 Å². The van der Waals surface area contributed by atoms with E-state index in [0.29, 0.717) is 0 Å². The quantitative estimate of drug-likeness (QED) is 0.801. The van der Waals surface area contributed by atoms with Crippen LogP contribution >= 0.6 is 0 Å². The highest BCUT2D eigenvalue weighted by atomic mass is 32.2. The number of para-hydroxylation sites is 1. The summed E-state index contributed by atoms with van der Waals surface area (Å²) in [5.41, 5.74) is 0. The van der Waals surface area contributed by atoms with E-state index in [1.807, 2.05) is 0 Å². The Kier molecular flexibility index (Phi) is 4.69. The molecule has 1 aromatic carbocycles. The summed E-state index contributed by atoms with van der Waals surface area (Å²) >= 11 is 0. The molecule has 18 heavy (non-hydrogen) atoms. The van der Waals surface area contributed by atoms with Gasteiger partial charge < -0.3 is 9.84 Å². The summed E-state index contributed by atoms with van der Waals surface area (Å²) in [6, 6.07) is 4.87. The van der Waals surface area contributed by atoms with Crippen LogP contribution in [-0.2, 0) is 14.8 Å². The first kappa shape index (κ1) is 14.5. The number of ether oxygens (including phenoxy) is 1. The Balaban J connectivity index is 3.10. The van der Waals surface area contributed by atoms with Crippen LogP contribution in [0.25, 0.3) is 0 Å². The maximum absolute atomic E-state index is 12.0. The zero-order valence-corrected chi connectivity index (χ0v) is 10.9. The van der Waals surface area contributed by atoms with Crippen molar-refractivity contribution >= 4 is 16.0 Å². The predicted octanol–water partition coefficient (Wildman–Crippen LogP) is 0.837. The minimum atomic E-state index is -3.92. The third-order valence-electron chi connectivity index (χ3n) is 2.36. The standard InChI is InChI=1S/C11H15NO5S/c1-3-8(11(13)14)12-18(15,16)10-7-5-4-6-9(10)17-2/h4-8,12H,3H2,1-2H3,(H,13,14)/t8-/m0/s1. The molecular weight excluding hydrogens is 258 g/mol. The second-order valence-electron chi connectivity index (χ2n) is 3.57. The molecule has 6 nitrogen and oxygen atoms in total. The number of benzene rings is 1. The van der Waals surface area contributed by atoms with Gasteiger partial charge in [-0.15, -0.1) is 0 Å². The zero-order chi connectivity index (χ0) is 13.8. The Labute approximate surface area is 106 Å². The van der Waals surface area contributed by atoms with Crippen LogP contribution in [0.5, 0.6) is 5.75 Å². The van der Waals surface area contributed by atoms with Gasteiger partial charge in [-0.05, 0) is 18.6 Å². The minimum Gasteiger partial charge on any atom is -0.495 e. The molecule has 0 spiro atoms. The molecule has 0 aliphatic rings. The van der Waals surface area contributed by atoms with Gasteiger partial charge in [0.05, 0.1) is 7.11 Å². The lowest BCUT2D eigenvalue weighted by Crippen LogP contribution is -2.40. The van der Waals surface area contributed by atoms with Gasteiger partial charge in [-0.1, -0.05) is 19.1 Å². The molecule has 0 heterocycles. The van der Waals surface area contributed by atoms with Gasteiger partial charge in [0, 0.05) is 0 Å². The molecule has 0 saturated heterocycles. The number of methoxy groups -OCH3 is 1. The first-order chi connectivity index (χ1) is 8.42. The SMILES string of the molecule is CC[C@H](NS(=O)(=O)c1ccccc1OC)C(=O)O. The van der Waals surface area contributed by atoms with Crippen LogP contribution in [0.2, 0.25) is 0 Å². The summed E-state index contributed by atoms with van der Waals surface area (Å²) in [5.74, 6) is -1.04. The van der Waals surface area contributed by atoms with E-state index in [4.69, 9.17) is 9.84 Å². The van der Waals surface area contributed by atoms with Crippen LogP contribution in [0.15, 0.2) is 29.2 Å². The second-order valence-corrected chi connectivity index (χ2v) is 5.25. The highest BCUT2D eigenvalue weighted by molar-refractivity contribution is 7.89. The fraction of sp³-hybridized carbons (Fsp3) is 0.364. The van der Waals surface area contributed by atoms with Crippen molar-refractivity contribution in [2.75, 3.05) is 7.11 Å². The van der Waals surface area contributed by atoms with Crippen LogP contribution in [0.1, 0.15) is 13.3 Å². The number of carboxylic acid groups (broad SMARTS) is 1. The Morgan fingerprint density at radius 3 is 2.56 bits per heavy atom. The van der Waals surface area contributed by atoms with E-state index in [2.05, 4.69) is 4.72 Å². The van der Waals surface area contributed by atoms with Crippen LogP contribution in [0.3, 0.4) is 0 Å². The molecule has 1 rings (SSSR count). The molecule has 7 heteroatoms. The number of rotatable bonds is 6. The largest absolute Gasteiger partial charge is 0.495 e. The van der Waals surface area contributed by atoms with Gasteiger partial charge in [0.1, 0.15) is 16.7 Å². The minimum absolute atomic E-state index is 0.0767. The predicted molar refractivity (Wildman–Crippen MR) is 65.0 cm³/mol. The number of nitrogens with one attached hydrogen (secondary N) is 1. The Morgan fingerprint density at radius 1 is 1.44 bits per heavy atom. The van der Waals surface area contributed by atoms with Gasteiger partial charge in [-0.25, -0.2) is 8.42 Å². The number of hydrogen-bond donors (Lipinski definition) is 2. The molecule has 100 valence electrons. The average Bonchev–Trinajstić information content (AvgIpc) is 2.35. The first-order valence-corrected chi connectivity index (χ1v) is 6.78. The molecule has 0 saturated carbocycles. The molecule has 0 unspecified atom stereocenters. The normalized spacial score (nSPS) is 13.0. The van der Waals surface area contributed by atoms with Crippen molar-refractivity contribution in [1.29, 1.82) is 0 Å². The molecule has 0 radical (unpaired) electrons. The van der Waals surface area contributed by atoms with E-state index >= 15 is 0 Å². The van der Waals surface area contributed by atoms with Crippen molar-refractivity contribution in [3.05, 3.63) is 24.3 Å². The molecule has 1 atom stereocenters. The van der Waals surface area contributed by atoms with Crippen molar-refractivity contribution < 1.29 is 23.1 Å². The molecule has 0 aliphatic carbocycles. The number of carboxylic acids is 1. The van der Waals surface area contributed by atoms with E-state index in [1.165, 1.54) is 19.2 Å². The molecule has 2 N–H and O–H groups in total. The Morgan fingerprint density at radius 2 is 2.06 bits per heavy atom. The van der Waals surface area contributed by atoms with E-state index in [0.717, 1.165) is 0 Å². The monoisotopic (exact) mass is 273 g/mol. The number of sulfonamides is 1. The van der Waals surface area contributed by atoms with Crippen molar-refractivity contribution in [1.82, 2.24) is 4.72 Å². The summed E-state index contributed by atoms with van der Waals surface area (Å²) < 4.78 is 31.1. The second kappa shape index (κ2) is 5.83. The average molecular weight is 273 g/mol. The Bertz CT molecular complexity index is 526. The summed E-state index contributed by atoms with van der Waals surface area (Å²) in [5, 5.41) is 8.85. The van der Waals surface area contributed by atoms with E-state index < -0.39 is 22.0 Å². The van der Waals surface area contributed by atoms with Crippen molar-refractivity contribution in [3.8, 4) is 5.75 Å². The first-order valence-electron chi connectivity index (χ1n) is 5.30. The van der Waals surface area contributed by atoms with Crippen LogP contribution in [0, 0.1) is 0 Å². The maximum Gasteiger partial charge on any atom is 0.321 e. The van der Waals surface area contributed by atoms with Gasteiger partial charge in [0.15, 0.2) is 0 Å². The molecule has 1 aromatic rings.